The Hall–Kier alpha value is -2.17. The van der Waals surface area contributed by atoms with Gasteiger partial charge in [0.05, 0.1) is 6.54 Å². The Bertz CT molecular complexity index is 385. The van der Waals surface area contributed by atoms with Crippen LogP contribution in [0.3, 0.4) is 0 Å². The second-order valence-corrected chi connectivity index (χ2v) is 2.76. The van der Waals surface area contributed by atoms with E-state index in [-0.39, 0.29) is 0 Å². The van der Waals surface area contributed by atoms with Gasteiger partial charge in [0.15, 0.2) is 0 Å². The Labute approximate surface area is 87.0 Å². The number of carbonyl (C=O) groups is 1. The molecule has 1 aromatic carbocycles. The predicted octanol–water partition coefficient (Wildman–Crippen LogP) is 0.657. The Morgan fingerprint density at radius 3 is 2.67 bits per heavy atom. The number of hydrogen-bond acceptors (Lipinski definition) is 2. The maximum atomic E-state index is 10.2. The highest BCUT2D eigenvalue weighted by molar-refractivity contribution is 6.34. The van der Waals surface area contributed by atoms with Crippen molar-refractivity contribution in [3.05, 3.63) is 35.9 Å². The monoisotopic (exact) mass is 205 g/mol. The zero-order valence-corrected chi connectivity index (χ0v) is 8.00. The zero-order valence-electron chi connectivity index (χ0n) is 8.00. The maximum absolute atomic E-state index is 10.2. The third kappa shape index (κ3) is 4.04. The summed E-state index contributed by atoms with van der Waals surface area (Å²) in [6.45, 7) is 0.456. The van der Waals surface area contributed by atoms with Crippen LogP contribution in [0.25, 0.3) is 0 Å². The Kier molecular flexibility index (Phi) is 4.03. The van der Waals surface area contributed by atoms with Crippen LogP contribution >= 0.6 is 0 Å². The van der Waals surface area contributed by atoms with Gasteiger partial charge in [0.25, 0.3) is 0 Å². The molecule has 0 unspecified atom stereocenters. The molecule has 1 aromatic rings. The van der Waals surface area contributed by atoms with Crippen LogP contribution in [-0.4, -0.2) is 23.2 Å². The first-order chi connectivity index (χ1) is 7.20. The molecule has 0 spiro atoms. The summed E-state index contributed by atoms with van der Waals surface area (Å²) in [4.78, 5) is 17.6. The molecule has 15 heavy (non-hydrogen) atoms. The SMILES string of the molecule is NC(=NC=NCc1ccccc1)C(=O)O. The Balaban J connectivity index is 2.48. The van der Waals surface area contributed by atoms with Crippen LogP contribution in [0.1, 0.15) is 5.56 Å². The molecule has 5 nitrogen and oxygen atoms in total. The number of nitrogens with zero attached hydrogens (tertiary/aromatic N) is 2. The van der Waals surface area contributed by atoms with E-state index in [4.69, 9.17) is 10.8 Å². The Morgan fingerprint density at radius 2 is 2.07 bits per heavy atom. The normalized spacial score (nSPS) is 11.9. The molecular formula is C10H11N3O2. The average Bonchev–Trinajstić information content (AvgIpc) is 2.25. The number of hydrogen-bond donors (Lipinski definition) is 2. The second-order valence-electron chi connectivity index (χ2n) is 2.76. The van der Waals surface area contributed by atoms with E-state index in [9.17, 15) is 4.79 Å². The molecule has 5 heteroatoms. The number of aliphatic imine (C=N–C) groups is 2. The first-order valence-corrected chi connectivity index (χ1v) is 4.29. The highest BCUT2D eigenvalue weighted by Crippen LogP contribution is 1.99. The standard InChI is InChI=1S/C10H11N3O2/c11-9(10(14)15)13-7-12-6-8-4-2-1-3-5-8/h1-5,7H,6H2,(H,14,15)(H2,11,12,13). The first kappa shape index (κ1) is 10.9. The summed E-state index contributed by atoms with van der Waals surface area (Å²) < 4.78 is 0. The van der Waals surface area contributed by atoms with Crippen molar-refractivity contribution in [2.75, 3.05) is 0 Å². The minimum Gasteiger partial charge on any atom is -0.475 e. The average molecular weight is 205 g/mol. The van der Waals surface area contributed by atoms with Crippen LogP contribution in [-0.2, 0) is 11.3 Å². The highest BCUT2D eigenvalue weighted by atomic mass is 16.4. The van der Waals surface area contributed by atoms with Crippen molar-refractivity contribution in [3.63, 3.8) is 0 Å². The predicted molar refractivity (Wildman–Crippen MR) is 57.9 cm³/mol. The molecule has 0 aromatic heterocycles. The van der Waals surface area contributed by atoms with Crippen LogP contribution < -0.4 is 5.73 Å². The lowest BCUT2D eigenvalue weighted by Gasteiger charge is -1.93. The van der Waals surface area contributed by atoms with E-state index in [0.29, 0.717) is 6.54 Å². The van der Waals surface area contributed by atoms with Gasteiger partial charge < -0.3 is 10.8 Å². The van der Waals surface area contributed by atoms with Crippen molar-refractivity contribution in [1.29, 1.82) is 0 Å². The van der Waals surface area contributed by atoms with Gasteiger partial charge in [0.2, 0.25) is 5.84 Å². The van der Waals surface area contributed by atoms with Crippen molar-refractivity contribution in [2.45, 2.75) is 6.54 Å². The minimum absolute atomic E-state index is 0.456. The molecular weight excluding hydrogens is 194 g/mol. The lowest BCUT2D eigenvalue weighted by Crippen LogP contribution is -2.22. The zero-order chi connectivity index (χ0) is 11.1. The fourth-order valence-electron chi connectivity index (χ4n) is 0.888. The highest BCUT2D eigenvalue weighted by Gasteiger charge is 1.99. The molecule has 0 heterocycles. The molecule has 0 saturated heterocycles. The molecule has 0 fully saturated rings. The fraction of sp³-hybridized carbons (Fsp3) is 0.100. The molecule has 0 radical (unpaired) electrons. The number of carboxylic acids is 1. The van der Waals surface area contributed by atoms with Crippen LogP contribution in [0.2, 0.25) is 0 Å². The summed E-state index contributed by atoms with van der Waals surface area (Å²) in [6, 6.07) is 9.55. The maximum Gasteiger partial charge on any atom is 0.371 e. The molecule has 0 amide bonds. The van der Waals surface area contributed by atoms with E-state index in [1.165, 1.54) is 0 Å². The third-order valence-electron chi connectivity index (χ3n) is 1.61. The molecule has 78 valence electrons. The van der Waals surface area contributed by atoms with Crippen LogP contribution in [0, 0.1) is 0 Å². The summed E-state index contributed by atoms with van der Waals surface area (Å²) in [5.41, 5.74) is 6.08. The largest absolute Gasteiger partial charge is 0.475 e. The van der Waals surface area contributed by atoms with Gasteiger partial charge in [0, 0.05) is 0 Å². The van der Waals surface area contributed by atoms with Crippen molar-refractivity contribution in [2.24, 2.45) is 15.7 Å². The Morgan fingerprint density at radius 1 is 1.40 bits per heavy atom. The van der Waals surface area contributed by atoms with Crippen molar-refractivity contribution >= 4 is 18.1 Å². The molecule has 0 bridgehead atoms. The van der Waals surface area contributed by atoms with Crippen molar-refractivity contribution in [3.8, 4) is 0 Å². The van der Waals surface area contributed by atoms with Gasteiger partial charge in [-0.3, -0.25) is 4.99 Å². The number of rotatable bonds is 3. The molecule has 1 rings (SSSR count). The summed E-state index contributed by atoms with van der Waals surface area (Å²) in [6.07, 6.45) is 1.15. The van der Waals surface area contributed by atoms with E-state index in [1.807, 2.05) is 30.3 Å². The first-order valence-electron chi connectivity index (χ1n) is 4.29. The summed E-state index contributed by atoms with van der Waals surface area (Å²) >= 11 is 0. The lowest BCUT2D eigenvalue weighted by molar-refractivity contribution is -0.129. The van der Waals surface area contributed by atoms with E-state index >= 15 is 0 Å². The van der Waals surface area contributed by atoms with Crippen molar-refractivity contribution < 1.29 is 9.90 Å². The number of carboxylic acid groups (broad SMARTS) is 1. The third-order valence-corrected chi connectivity index (χ3v) is 1.61. The molecule has 0 saturated carbocycles. The van der Waals surface area contributed by atoms with Gasteiger partial charge in [-0.25, -0.2) is 9.79 Å². The lowest BCUT2D eigenvalue weighted by atomic mass is 10.2. The number of benzene rings is 1. The molecule has 3 N–H and O–H groups in total. The number of amidine groups is 1. The van der Waals surface area contributed by atoms with Crippen LogP contribution in [0.15, 0.2) is 40.3 Å². The van der Waals surface area contributed by atoms with Crippen LogP contribution in [0.4, 0.5) is 0 Å². The van der Waals surface area contributed by atoms with E-state index in [0.717, 1.165) is 11.9 Å². The van der Waals surface area contributed by atoms with Gasteiger partial charge in [0.1, 0.15) is 6.34 Å². The topological polar surface area (TPSA) is 88.0 Å². The van der Waals surface area contributed by atoms with Gasteiger partial charge in [-0.15, -0.1) is 0 Å². The minimum atomic E-state index is -1.25. The van der Waals surface area contributed by atoms with Gasteiger partial charge in [-0.05, 0) is 5.56 Å². The van der Waals surface area contributed by atoms with E-state index in [1.54, 1.807) is 0 Å². The molecule has 0 aliphatic carbocycles. The van der Waals surface area contributed by atoms with Gasteiger partial charge in [-0.2, -0.15) is 0 Å². The fourth-order valence-corrected chi connectivity index (χ4v) is 0.888. The van der Waals surface area contributed by atoms with Gasteiger partial charge in [-0.1, -0.05) is 30.3 Å². The molecule has 0 aliphatic heterocycles. The summed E-state index contributed by atoms with van der Waals surface area (Å²) in [7, 11) is 0. The molecule has 0 aliphatic rings. The second kappa shape index (κ2) is 5.54. The smallest absolute Gasteiger partial charge is 0.371 e. The van der Waals surface area contributed by atoms with Crippen LogP contribution in [0.5, 0.6) is 0 Å². The van der Waals surface area contributed by atoms with E-state index in [2.05, 4.69) is 9.98 Å². The molecule has 0 atom stereocenters. The van der Waals surface area contributed by atoms with Crippen molar-refractivity contribution in [1.82, 2.24) is 0 Å². The summed E-state index contributed by atoms with van der Waals surface area (Å²) in [5, 5.41) is 8.38. The number of nitrogens with two attached hydrogens (primary N) is 1. The summed E-state index contributed by atoms with van der Waals surface area (Å²) in [5.74, 6) is -1.71. The van der Waals surface area contributed by atoms with Gasteiger partial charge >= 0.3 is 5.97 Å². The number of aliphatic carboxylic acids is 1. The quantitative estimate of drug-likeness (QED) is 0.561. The van der Waals surface area contributed by atoms with E-state index < -0.39 is 11.8 Å².